The van der Waals surface area contributed by atoms with E-state index in [0.717, 1.165) is 8.26 Å². The topological polar surface area (TPSA) is 29.3 Å². The molecule has 5 heteroatoms. The van der Waals surface area contributed by atoms with E-state index in [-0.39, 0.29) is 0 Å². The summed E-state index contributed by atoms with van der Waals surface area (Å²) in [6.45, 7) is 4.17. The first-order chi connectivity index (χ1) is 8.17. The second kappa shape index (κ2) is 6.15. The van der Waals surface area contributed by atoms with Gasteiger partial charge in [-0.1, -0.05) is 6.92 Å². The molecule has 0 bridgehead atoms. The lowest BCUT2D eigenvalue weighted by Crippen LogP contribution is -2.36. The van der Waals surface area contributed by atoms with Crippen LogP contribution in [0.2, 0.25) is 0 Å². The van der Waals surface area contributed by atoms with Crippen molar-refractivity contribution in [3.05, 3.63) is 19.2 Å². The normalized spacial score (nSPS) is 23.2. The number of nitrogens with zero attached hydrogens (tertiary/aromatic N) is 1. The summed E-state index contributed by atoms with van der Waals surface area (Å²) in [4.78, 5) is 3.96. The fraction of sp³-hybridized carbons (Fsp3) is 0.667. The van der Waals surface area contributed by atoms with Crippen molar-refractivity contribution in [1.29, 1.82) is 0 Å². The van der Waals surface area contributed by atoms with E-state index in [9.17, 15) is 0 Å². The molecule has 0 amide bonds. The fourth-order valence-electron chi connectivity index (χ4n) is 2.65. The molecule has 1 fully saturated rings. The van der Waals surface area contributed by atoms with Gasteiger partial charge in [0, 0.05) is 21.9 Å². The molecule has 0 saturated carbocycles. The Kier molecular flexibility index (Phi) is 5.06. The Hall–Kier alpha value is 0.580. The maximum Gasteiger partial charge on any atom is 0.0843 e. The third-order valence-corrected chi connectivity index (χ3v) is 6.87. The zero-order valence-corrected chi connectivity index (χ0v) is 13.9. The van der Waals surface area contributed by atoms with Crippen LogP contribution in [0.5, 0.6) is 0 Å². The van der Waals surface area contributed by atoms with Crippen molar-refractivity contribution in [3.63, 3.8) is 0 Å². The number of rotatable bonds is 4. The summed E-state index contributed by atoms with van der Waals surface area (Å²) in [7, 11) is 0. The Bertz CT molecular complexity index is 361. The average Bonchev–Trinajstić information content (AvgIpc) is 2.89. The Morgan fingerprint density at radius 1 is 1.59 bits per heavy atom. The minimum atomic E-state index is 0.384. The van der Waals surface area contributed by atoms with Crippen LogP contribution in [0.15, 0.2) is 14.3 Å². The number of hydrogen-bond acceptors (Lipinski definition) is 3. The van der Waals surface area contributed by atoms with Gasteiger partial charge in [0.25, 0.3) is 0 Å². The molecule has 1 saturated heterocycles. The predicted octanol–water partition coefficient (Wildman–Crippen LogP) is 4.15. The maximum atomic E-state index is 6.00. The molecular weight excluding hydrogens is 364 g/mol. The first kappa shape index (κ1) is 14.0. The van der Waals surface area contributed by atoms with Crippen LogP contribution >= 0.6 is 43.2 Å². The standard InChI is InChI=1S/C12H18Br2N2S/c1-2-8-4-3-5-16(8)10(7-15)11-6-9(13)12(14)17-11/h6,8,10H,2-5,7,15H2,1H3. The van der Waals surface area contributed by atoms with E-state index in [4.69, 9.17) is 5.73 Å². The van der Waals surface area contributed by atoms with Gasteiger partial charge in [0.1, 0.15) is 0 Å². The number of thiophene rings is 1. The van der Waals surface area contributed by atoms with Gasteiger partial charge in [-0.3, -0.25) is 4.90 Å². The molecule has 0 radical (unpaired) electrons. The molecule has 17 heavy (non-hydrogen) atoms. The number of nitrogens with two attached hydrogens (primary N) is 1. The van der Waals surface area contributed by atoms with Crippen molar-refractivity contribution in [1.82, 2.24) is 4.90 Å². The van der Waals surface area contributed by atoms with E-state index < -0.39 is 0 Å². The Morgan fingerprint density at radius 2 is 2.35 bits per heavy atom. The lowest BCUT2D eigenvalue weighted by Gasteiger charge is -2.31. The van der Waals surface area contributed by atoms with Crippen LogP contribution < -0.4 is 5.73 Å². The minimum absolute atomic E-state index is 0.384. The van der Waals surface area contributed by atoms with Gasteiger partial charge in [-0.25, -0.2) is 0 Å². The van der Waals surface area contributed by atoms with E-state index in [2.05, 4.69) is 49.7 Å². The van der Waals surface area contributed by atoms with E-state index in [1.807, 2.05) is 0 Å². The van der Waals surface area contributed by atoms with Gasteiger partial charge in [-0.05, 0) is 63.7 Å². The molecule has 1 aromatic rings. The highest BCUT2D eigenvalue weighted by molar-refractivity contribution is 9.13. The summed E-state index contributed by atoms with van der Waals surface area (Å²) >= 11 is 8.92. The number of halogens is 2. The lowest BCUT2D eigenvalue weighted by molar-refractivity contribution is 0.183. The van der Waals surface area contributed by atoms with Crippen LogP contribution in [0.25, 0.3) is 0 Å². The third-order valence-electron chi connectivity index (χ3n) is 3.51. The molecule has 0 aromatic carbocycles. The van der Waals surface area contributed by atoms with Crippen LogP contribution in [0.3, 0.4) is 0 Å². The largest absolute Gasteiger partial charge is 0.329 e. The smallest absolute Gasteiger partial charge is 0.0843 e. The summed E-state index contributed by atoms with van der Waals surface area (Å²) < 4.78 is 2.31. The van der Waals surface area contributed by atoms with Gasteiger partial charge >= 0.3 is 0 Å². The molecule has 2 nitrogen and oxygen atoms in total. The summed E-state index contributed by atoms with van der Waals surface area (Å²) in [6, 6.07) is 3.30. The van der Waals surface area contributed by atoms with Crippen molar-refractivity contribution in [2.75, 3.05) is 13.1 Å². The molecule has 2 atom stereocenters. The number of hydrogen-bond donors (Lipinski definition) is 1. The van der Waals surface area contributed by atoms with Gasteiger partial charge in [0.15, 0.2) is 0 Å². The Labute approximate surface area is 124 Å². The van der Waals surface area contributed by atoms with Gasteiger partial charge in [0.05, 0.1) is 9.83 Å². The molecule has 2 unspecified atom stereocenters. The van der Waals surface area contributed by atoms with E-state index in [1.165, 1.54) is 30.7 Å². The van der Waals surface area contributed by atoms with E-state index in [1.54, 1.807) is 11.3 Å². The molecular formula is C12H18Br2N2S. The molecule has 1 aromatic heterocycles. The highest BCUT2D eigenvalue weighted by Crippen LogP contribution is 2.39. The molecule has 2 N–H and O–H groups in total. The summed E-state index contributed by atoms with van der Waals surface area (Å²) in [5.74, 6) is 0. The van der Waals surface area contributed by atoms with Crippen LogP contribution in [-0.4, -0.2) is 24.0 Å². The highest BCUT2D eigenvalue weighted by Gasteiger charge is 2.30. The van der Waals surface area contributed by atoms with Crippen molar-refractivity contribution in [3.8, 4) is 0 Å². The van der Waals surface area contributed by atoms with Crippen LogP contribution in [0.4, 0.5) is 0 Å². The predicted molar refractivity (Wildman–Crippen MR) is 81.5 cm³/mol. The van der Waals surface area contributed by atoms with Gasteiger partial charge in [-0.15, -0.1) is 11.3 Å². The van der Waals surface area contributed by atoms with Crippen molar-refractivity contribution >= 4 is 43.2 Å². The molecule has 0 aliphatic carbocycles. The summed E-state index contributed by atoms with van der Waals surface area (Å²) in [6.07, 6.45) is 3.85. The monoisotopic (exact) mass is 380 g/mol. The average molecular weight is 382 g/mol. The highest BCUT2D eigenvalue weighted by atomic mass is 79.9. The zero-order valence-electron chi connectivity index (χ0n) is 9.96. The van der Waals surface area contributed by atoms with Crippen molar-refractivity contribution in [2.24, 2.45) is 5.73 Å². The summed E-state index contributed by atoms with van der Waals surface area (Å²) in [5, 5.41) is 0. The van der Waals surface area contributed by atoms with Crippen molar-refractivity contribution < 1.29 is 0 Å². The Morgan fingerprint density at radius 3 is 2.88 bits per heavy atom. The van der Waals surface area contributed by atoms with Crippen LogP contribution in [0.1, 0.15) is 37.1 Å². The number of likely N-dealkylation sites (tertiary alicyclic amines) is 1. The lowest BCUT2D eigenvalue weighted by atomic mass is 10.1. The van der Waals surface area contributed by atoms with Gasteiger partial charge < -0.3 is 5.73 Å². The maximum absolute atomic E-state index is 6.00. The first-order valence-corrected chi connectivity index (χ1v) is 8.48. The van der Waals surface area contributed by atoms with Gasteiger partial charge in [0.2, 0.25) is 0 Å². The molecule has 2 heterocycles. The quantitative estimate of drug-likeness (QED) is 0.848. The van der Waals surface area contributed by atoms with Crippen LogP contribution in [-0.2, 0) is 0 Å². The first-order valence-electron chi connectivity index (χ1n) is 6.07. The van der Waals surface area contributed by atoms with E-state index in [0.29, 0.717) is 18.6 Å². The molecule has 2 rings (SSSR count). The molecule has 96 valence electrons. The second-order valence-corrected chi connectivity index (χ2v) is 7.72. The van der Waals surface area contributed by atoms with Gasteiger partial charge in [-0.2, -0.15) is 0 Å². The summed E-state index contributed by atoms with van der Waals surface area (Å²) in [5.41, 5.74) is 6.00. The molecule has 1 aliphatic rings. The Balaban J connectivity index is 2.20. The zero-order chi connectivity index (χ0) is 12.4. The molecule has 0 spiro atoms. The second-order valence-electron chi connectivity index (χ2n) is 4.46. The molecule has 1 aliphatic heterocycles. The third kappa shape index (κ3) is 2.95. The van der Waals surface area contributed by atoms with Crippen molar-refractivity contribution in [2.45, 2.75) is 38.3 Å². The SMILES string of the molecule is CCC1CCCN1C(CN)c1cc(Br)c(Br)s1. The van der Waals surface area contributed by atoms with E-state index >= 15 is 0 Å². The minimum Gasteiger partial charge on any atom is -0.329 e. The fourth-order valence-corrected chi connectivity index (χ4v) is 4.87. The van der Waals surface area contributed by atoms with Crippen LogP contribution in [0, 0.1) is 0 Å².